The molecule has 1 aromatic carbocycles. The van der Waals surface area contributed by atoms with Gasteiger partial charge in [-0.15, -0.1) is 12.4 Å². The summed E-state index contributed by atoms with van der Waals surface area (Å²) in [5.74, 6) is -1.02. The van der Waals surface area contributed by atoms with E-state index in [1.807, 2.05) is 0 Å². The highest BCUT2D eigenvalue weighted by Crippen LogP contribution is 2.55. The second kappa shape index (κ2) is 10.1. The third-order valence-electron chi connectivity index (χ3n) is 7.94. The van der Waals surface area contributed by atoms with E-state index in [0.717, 1.165) is 38.5 Å². The molecular weight excluding hydrogens is 570 g/mol. The molecule has 0 atom stereocenters. The standard InChI is InChI=1S/C26H27ClF3N7O2.ClH/c1-36-20(18-12-37(16-3-4-16)35-21(18)26(28,29)30)11-32-22(36)24(39)33-14-2-5-17(19(27)6-14)23(38)34-15-9-25(10-15)7-13(31)8-25;/h2,5-6,11-13,15-16H,3-4,7-10,31H2,1H3,(H,33,39)(H,34,38);1H. The first-order valence-corrected chi connectivity index (χ1v) is 13.2. The van der Waals surface area contributed by atoms with Gasteiger partial charge in [0.2, 0.25) is 0 Å². The highest BCUT2D eigenvalue weighted by molar-refractivity contribution is 6.34. The zero-order valence-corrected chi connectivity index (χ0v) is 23.0. The summed E-state index contributed by atoms with van der Waals surface area (Å²) in [4.78, 5) is 29.7. The lowest BCUT2D eigenvalue weighted by molar-refractivity contribution is -0.141. The Kier molecular flexibility index (Phi) is 7.16. The molecule has 214 valence electrons. The Morgan fingerprint density at radius 3 is 2.45 bits per heavy atom. The van der Waals surface area contributed by atoms with E-state index in [-0.39, 0.29) is 69.5 Å². The number of rotatable bonds is 6. The molecule has 0 aliphatic heterocycles. The van der Waals surface area contributed by atoms with Crippen molar-refractivity contribution in [2.45, 2.75) is 62.8 Å². The molecule has 0 radical (unpaired) electrons. The summed E-state index contributed by atoms with van der Waals surface area (Å²) in [6.07, 6.45) is 3.30. The van der Waals surface area contributed by atoms with Crippen LogP contribution in [0.3, 0.4) is 0 Å². The number of carbonyl (C=O) groups excluding carboxylic acids is 2. The van der Waals surface area contributed by atoms with Crippen LogP contribution in [-0.2, 0) is 13.2 Å². The van der Waals surface area contributed by atoms with E-state index in [1.54, 1.807) is 0 Å². The second-order valence-corrected chi connectivity index (χ2v) is 11.4. The van der Waals surface area contributed by atoms with Gasteiger partial charge < -0.3 is 20.9 Å². The molecule has 3 aliphatic rings. The summed E-state index contributed by atoms with van der Waals surface area (Å²) < 4.78 is 43.6. The van der Waals surface area contributed by atoms with Crippen molar-refractivity contribution in [1.29, 1.82) is 0 Å². The number of benzene rings is 1. The maximum absolute atomic E-state index is 13.7. The molecule has 6 rings (SSSR count). The van der Waals surface area contributed by atoms with Crippen molar-refractivity contribution in [2.24, 2.45) is 18.2 Å². The Balaban J connectivity index is 0.00000323. The van der Waals surface area contributed by atoms with Crippen LogP contribution < -0.4 is 16.4 Å². The Labute approximate surface area is 239 Å². The average Bonchev–Trinajstić information content (AvgIpc) is 3.44. The average molecular weight is 598 g/mol. The van der Waals surface area contributed by atoms with Crippen molar-refractivity contribution in [1.82, 2.24) is 24.6 Å². The molecule has 2 amide bonds. The third-order valence-corrected chi connectivity index (χ3v) is 8.26. The third kappa shape index (κ3) is 5.19. The van der Waals surface area contributed by atoms with Gasteiger partial charge in [0.25, 0.3) is 11.8 Å². The first-order chi connectivity index (χ1) is 18.4. The van der Waals surface area contributed by atoms with Crippen LogP contribution in [0.5, 0.6) is 0 Å². The number of hydrogen-bond donors (Lipinski definition) is 3. The van der Waals surface area contributed by atoms with Crippen molar-refractivity contribution < 1.29 is 22.8 Å². The fraction of sp³-hybridized carbons (Fsp3) is 0.462. The van der Waals surface area contributed by atoms with Crippen LogP contribution >= 0.6 is 24.0 Å². The maximum atomic E-state index is 13.7. The molecule has 3 aliphatic carbocycles. The second-order valence-electron chi connectivity index (χ2n) is 11.0. The van der Waals surface area contributed by atoms with E-state index in [0.29, 0.717) is 5.69 Å². The van der Waals surface area contributed by atoms with Crippen LogP contribution in [0.2, 0.25) is 5.02 Å². The molecule has 2 heterocycles. The van der Waals surface area contributed by atoms with Gasteiger partial charge in [-0.1, -0.05) is 11.6 Å². The highest BCUT2D eigenvalue weighted by atomic mass is 35.5. The molecule has 0 unspecified atom stereocenters. The van der Waals surface area contributed by atoms with Gasteiger partial charge in [-0.2, -0.15) is 18.3 Å². The lowest BCUT2D eigenvalue weighted by Crippen LogP contribution is -2.59. The number of nitrogens with two attached hydrogens (primary N) is 1. The lowest BCUT2D eigenvalue weighted by atomic mass is 9.52. The molecular formula is C26H28Cl2F3N7O2. The number of nitrogens with zero attached hydrogens (tertiary/aromatic N) is 4. The van der Waals surface area contributed by atoms with Crippen LogP contribution in [0.25, 0.3) is 11.3 Å². The Morgan fingerprint density at radius 1 is 1.15 bits per heavy atom. The number of aromatic nitrogens is 4. The fourth-order valence-electron chi connectivity index (χ4n) is 5.89. The number of alkyl halides is 3. The molecule has 0 bridgehead atoms. The minimum atomic E-state index is -4.66. The Bertz CT molecular complexity index is 1470. The molecule has 14 heteroatoms. The Morgan fingerprint density at radius 2 is 1.85 bits per heavy atom. The van der Waals surface area contributed by atoms with E-state index in [4.69, 9.17) is 17.3 Å². The maximum Gasteiger partial charge on any atom is 0.435 e. The fourth-order valence-corrected chi connectivity index (χ4v) is 6.15. The molecule has 0 saturated heterocycles. The quantitative estimate of drug-likeness (QED) is 0.371. The van der Waals surface area contributed by atoms with Crippen molar-refractivity contribution >= 4 is 41.5 Å². The molecule has 4 N–H and O–H groups in total. The minimum absolute atomic E-state index is 0. The van der Waals surface area contributed by atoms with E-state index in [1.165, 1.54) is 46.9 Å². The number of hydrogen-bond acceptors (Lipinski definition) is 5. The molecule has 3 fully saturated rings. The molecule has 9 nitrogen and oxygen atoms in total. The monoisotopic (exact) mass is 597 g/mol. The zero-order chi connectivity index (χ0) is 27.7. The topological polar surface area (TPSA) is 120 Å². The minimum Gasteiger partial charge on any atom is -0.349 e. The lowest BCUT2D eigenvalue weighted by Gasteiger charge is -2.57. The number of halogens is 5. The molecule has 40 heavy (non-hydrogen) atoms. The summed E-state index contributed by atoms with van der Waals surface area (Å²) in [6, 6.07) is 4.82. The number of nitrogens with one attached hydrogen (secondary N) is 2. The van der Waals surface area contributed by atoms with Crippen LogP contribution in [0.15, 0.2) is 30.6 Å². The van der Waals surface area contributed by atoms with Gasteiger partial charge in [0.15, 0.2) is 11.5 Å². The summed E-state index contributed by atoms with van der Waals surface area (Å²) in [5, 5.41) is 9.57. The summed E-state index contributed by atoms with van der Waals surface area (Å²) in [6.45, 7) is 0. The van der Waals surface area contributed by atoms with Gasteiger partial charge in [-0.3, -0.25) is 14.3 Å². The van der Waals surface area contributed by atoms with E-state index >= 15 is 0 Å². The first-order valence-electron chi connectivity index (χ1n) is 12.8. The number of anilines is 1. The number of amides is 2. The van der Waals surface area contributed by atoms with Crippen molar-refractivity contribution in [3.05, 3.63) is 52.7 Å². The Hall–Kier alpha value is -3.09. The first kappa shape index (κ1) is 28.4. The van der Waals surface area contributed by atoms with Crippen LogP contribution in [0.4, 0.5) is 18.9 Å². The van der Waals surface area contributed by atoms with Gasteiger partial charge in [-0.05, 0) is 62.1 Å². The van der Waals surface area contributed by atoms with Gasteiger partial charge in [-0.25, -0.2) is 4.98 Å². The van der Waals surface area contributed by atoms with Crippen molar-refractivity contribution in [3.63, 3.8) is 0 Å². The van der Waals surface area contributed by atoms with E-state index < -0.39 is 17.8 Å². The van der Waals surface area contributed by atoms with E-state index in [2.05, 4.69) is 20.7 Å². The van der Waals surface area contributed by atoms with Crippen LogP contribution in [-0.4, -0.2) is 43.2 Å². The molecule has 3 aromatic rings. The van der Waals surface area contributed by atoms with Gasteiger partial charge in [0.1, 0.15) is 0 Å². The highest BCUT2D eigenvalue weighted by Gasteiger charge is 2.52. The van der Waals surface area contributed by atoms with Crippen LogP contribution in [0.1, 0.15) is 71.2 Å². The summed E-state index contributed by atoms with van der Waals surface area (Å²) >= 11 is 6.36. The smallest absolute Gasteiger partial charge is 0.349 e. The summed E-state index contributed by atoms with van der Waals surface area (Å²) in [5.41, 5.74) is 5.74. The summed E-state index contributed by atoms with van der Waals surface area (Å²) in [7, 11) is 1.47. The van der Waals surface area contributed by atoms with Crippen molar-refractivity contribution in [3.8, 4) is 11.3 Å². The van der Waals surface area contributed by atoms with Gasteiger partial charge in [0.05, 0.1) is 34.1 Å². The van der Waals surface area contributed by atoms with Crippen LogP contribution in [0, 0.1) is 5.41 Å². The normalized spacial score (nSPS) is 23.6. The van der Waals surface area contributed by atoms with Gasteiger partial charge in [0, 0.05) is 31.0 Å². The SMILES string of the molecule is Cl.Cn1c(-c2cn(C3CC3)nc2C(F)(F)F)cnc1C(=O)Nc1ccc(C(=O)NC2CC3(CC(N)C3)C2)c(Cl)c1. The number of imidazole rings is 1. The van der Waals surface area contributed by atoms with E-state index in [9.17, 15) is 22.8 Å². The zero-order valence-electron chi connectivity index (χ0n) is 21.5. The number of carbonyl (C=O) groups is 2. The molecule has 3 saturated carbocycles. The van der Waals surface area contributed by atoms with Gasteiger partial charge >= 0.3 is 6.18 Å². The molecule has 1 spiro atoms. The largest absolute Gasteiger partial charge is 0.435 e. The predicted octanol–water partition coefficient (Wildman–Crippen LogP) is 4.96. The predicted molar refractivity (Wildman–Crippen MR) is 144 cm³/mol. The van der Waals surface area contributed by atoms with Crippen molar-refractivity contribution in [2.75, 3.05) is 5.32 Å². The molecule has 2 aromatic heterocycles.